The van der Waals surface area contributed by atoms with Crippen LogP contribution in [0, 0.1) is 40.9 Å². The van der Waals surface area contributed by atoms with Crippen LogP contribution in [0.5, 0.6) is 0 Å². The van der Waals surface area contributed by atoms with E-state index in [4.69, 9.17) is 4.74 Å². The van der Waals surface area contributed by atoms with Crippen molar-refractivity contribution in [1.82, 2.24) is 0 Å². The van der Waals surface area contributed by atoms with E-state index in [0.29, 0.717) is 18.3 Å². The lowest BCUT2D eigenvalue weighted by molar-refractivity contribution is -0.260. The SMILES string of the molecule is CC(C)(C)OC(=O)C1(C(F)(F)F)CC2CC1C1C3C=CC(C3)C21. The number of rotatable bonds is 1. The smallest absolute Gasteiger partial charge is 0.405 e. The fourth-order valence-electron chi connectivity index (χ4n) is 6.13. The lowest BCUT2D eigenvalue weighted by atomic mass is 9.61. The highest BCUT2D eigenvalue weighted by atomic mass is 19.4. The maximum absolute atomic E-state index is 14.1. The Morgan fingerprint density at radius 2 is 1.70 bits per heavy atom. The Hall–Kier alpha value is -1.00. The van der Waals surface area contributed by atoms with E-state index >= 15 is 0 Å². The highest BCUT2D eigenvalue weighted by Crippen LogP contribution is 2.73. The highest BCUT2D eigenvalue weighted by Gasteiger charge is 2.77. The Kier molecular flexibility index (Phi) is 2.93. The molecule has 0 amide bonds. The quantitative estimate of drug-likeness (QED) is 0.406. The predicted octanol–water partition coefficient (Wildman–Crippen LogP) is 4.35. The maximum Gasteiger partial charge on any atom is 0.405 e. The van der Waals surface area contributed by atoms with Gasteiger partial charge in [-0.1, -0.05) is 12.2 Å². The van der Waals surface area contributed by atoms with Crippen molar-refractivity contribution in [2.45, 2.75) is 51.8 Å². The molecule has 0 aromatic heterocycles. The second kappa shape index (κ2) is 4.34. The Bertz CT molecular complexity index is 574. The van der Waals surface area contributed by atoms with Crippen LogP contribution in [-0.4, -0.2) is 17.7 Å². The lowest BCUT2D eigenvalue weighted by Gasteiger charge is -2.45. The number of hydrogen-bond acceptors (Lipinski definition) is 2. The minimum atomic E-state index is -4.54. The van der Waals surface area contributed by atoms with Gasteiger partial charge in [0, 0.05) is 0 Å². The standard InChI is InChI=1S/C18H23F3O2/c1-16(2,3)23-15(22)17(18(19,20)21)8-11-7-12(17)14-10-5-4-9(6-10)13(11)14/h4-5,9-14H,6-8H2,1-3H3. The molecule has 0 aromatic carbocycles. The summed E-state index contributed by atoms with van der Waals surface area (Å²) in [5, 5.41) is 0. The molecule has 0 aliphatic heterocycles. The fraction of sp³-hybridized carbons (Fsp3) is 0.833. The van der Waals surface area contributed by atoms with E-state index in [1.165, 1.54) is 0 Å². The first-order valence-electron chi connectivity index (χ1n) is 8.53. The van der Waals surface area contributed by atoms with E-state index < -0.39 is 29.1 Å². The molecule has 0 aromatic rings. The molecule has 2 nitrogen and oxygen atoms in total. The van der Waals surface area contributed by atoms with E-state index in [1.54, 1.807) is 20.8 Å². The molecule has 3 fully saturated rings. The molecule has 0 spiro atoms. The molecule has 7 unspecified atom stereocenters. The van der Waals surface area contributed by atoms with Crippen LogP contribution in [0.1, 0.15) is 40.0 Å². The number of halogens is 3. The fourth-order valence-corrected chi connectivity index (χ4v) is 6.13. The molecular formula is C18H23F3O2. The van der Waals surface area contributed by atoms with Gasteiger partial charge in [0.2, 0.25) is 0 Å². The minimum absolute atomic E-state index is 0.0119. The van der Waals surface area contributed by atoms with Gasteiger partial charge in [-0.15, -0.1) is 0 Å². The van der Waals surface area contributed by atoms with Crippen molar-refractivity contribution < 1.29 is 22.7 Å². The van der Waals surface area contributed by atoms with Crippen LogP contribution in [-0.2, 0) is 9.53 Å². The predicted molar refractivity (Wildman–Crippen MR) is 78.3 cm³/mol. The number of carbonyl (C=O) groups excluding carboxylic acids is 1. The van der Waals surface area contributed by atoms with E-state index in [0.717, 1.165) is 6.42 Å². The van der Waals surface area contributed by atoms with Crippen LogP contribution in [0.4, 0.5) is 13.2 Å². The van der Waals surface area contributed by atoms with Gasteiger partial charge < -0.3 is 4.74 Å². The Morgan fingerprint density at radius 1 is 1.09 bits per heavy atom. The van der Waals surface area contributed by atoms with Crippen LogP contribution in [0.2, 0.25) is 0 Å². The Balaban J connectivity index is 1.72. The number of hydrogen-bond donors (Lipinski definition) is 0. The molecular weight excluding hydrogens is 305 g/mol. The first kappa shape index (κ1) is 15.5. The second-order valence-electron chi connectivity index (χ2n) is 8.88. The topological polar surface area (TPSA) is 26.3 Å². The summed E-state index contributed by atoms with van der Waals surface area (Å²) < 4.78 is 47.5. The normalized spacial score (nSPS) is 47.2. The second-order valence-corrected chi connectivity index (χ2v) is 8.88. The first-order chi connectivity index (χ1) is 10.5. The van der Waals surface area contributed by atoms with Gasteiger partial charge in [-0.3, -0.25) is 4.79 Å². The van der Waals surface area contributed by atoms with Crippen molar-refractivity contribution in [2.75, 3.05) is 0 Å². The van der Waals surface area contributed by atoms with Gasteiger partial charge in [0.05, 0.1) is 0 Å². The van der Waals surface area contributed by atoms with Crippen LogP contribution in [0.3, 0.4) is 0 Å². The summed E-state index contributed by atoms with van der Waals surface area (Å²) in [7, 11) is 0. The van der Waals surface area contributed by atoms with Crippen molar-refractivity contribution in [1.29, 1.82) is 0 Å². The molecule has 0 N–H and O–H groups in total. The van der Waals surface area contributed by atoms with Gasteiger partial charge in [-0.05, 0) is 75.5 Å². The summed E-state index contributed by atoms with van der Waals surface area (Å²) in [4.78, 5) is 12.7. The van der Waals surface area contributed by atoms with E-state index in [9.17, 15) is 18.0 Å². The molecule has 4 rings (SSSR count). The highest BCUT2D eigenvalue weighted by molar-refractivity contribution is 5.80. The summed E-state index contributed by atoms with van der Waals surface area (Å²) in [5.74, 6) is -0.610. The number of fused-ring (bicyclic) bond motifs is 9. The van der Waals surface area contributed by atoms with E-state index in [1.807, 2.05) is 0 Å². The molecule has 0 radical (unpaired) electrons. The van der Waals surface area contributed by atoms with Gasteiger partial charge in [-0.25, -0.2) is 0 Å². The molecule has 4 aliphatic rings. The molecule has 7 atom stereocenters. The average molecular weight is 328 g/mol. The lowest BCUT2D eigenvalue weighted by Crippen LogP contribution is -2.55. The maximum atomic E-state index is 14.1. The van der Waals surface area contributed by atoms with Crippen molar-refractivity contribution in [2.24, 2.45) is 40.9 Å². The van der Waals surface area contributed by atoms with Crippen molar-refractivity contribution >= 4 is 5.97 Å². The molecule has 23 heavy (non-hydrogen) atoms. The number of alkyl halides is 3. The van der Waals surface area contributed by atoms with Crippen LogP contribution in [0.15, 0.2) is 12.2 Å². The van der Waals surface area contributed by atoms with Gasteiger partial charge in [0.15, 0.2) is 5.41 Å². The third-order valence-corrected chi connectivity index (χ3v) is 6.63. The molecule has 3 saturated carbocycles. The van der Waals surface area contributed by atoms with Crippen LogP contribution >= 0.6 is 0 Å². The third kappa shape index (κ3) is 1.91. The first-order valence-corrected chi connectivity index (χ1v) is 8.53. The van der Waals surface area contributed by atoms with Crippen LogP contribution < -0.4 is 0 Å². The molecule has 0 saturated heterocycles. The molecule has 4 aliphatic carbocycles. The summed E-state index contributed by atoms with van der Waals surface area (Å²) in [6.45, 7) is 4.89. The number of carbonyl (C=O) groups is 1. The molecule has 128 valence electrons. The zero-order chi connectivity index (χ0) is 16.8. The third-order valence-electron chi connectivity index (χ3n) is 6.63. The van der Waals surface area contributed by atoms with Crippen molar-refractivity contribution in [3.63, 3.8) is 0 Å². The summed E-state index contributed by atoms with van der Waals surface area (Å²) in [5.41, 5.74) is -3.18. The summed E-state index contributed by atoms with van der Waals surface area (Å²) >= 11 is 0. The number of ether oxygens (including phenoxy) is 1. The number of allylic oxidation sites excluding steroid dienone is 2. The Morgan fingerprint density at radius 3 is 2.26 bits per heavy atom. The molecule has 0 heterocycles. The Labute approximate surface area is 134 Å². The summed E-state index contributed by atoms with van der Waals surface area (Å²) in [6.07, 6.45) is 1.17. The van der Waals surface area contributed by atoms with E-state index in [-0.39, 0.29) is 24.2 Å². The van der Waals surface area contributed by atoms with Gasteiger partial charge in [0.1, 0.15) is 5.60 Å². The molecule has 4 bridgehead atoms. The minimum Gasteiger partial charge on any atom is -0.459 e. The molecule has 5 heteroatoms. The zero-order valence-corrected chi connectivity index (χ0v) is 13.7. The summed E-state index contributed by atoms with van der Waals surface area (Å²) in [6, 6.07) is 0. The van der Waals surface area contributed by atoms with Crippen molar-refractivity contribution in [3.8, 4) is 0 Å². The van der Waals surface area contributed by atoms with Gasteiger partial charge >= 0.3 is 12.1 Å². The largest absolute Gasteiger partial charge is 0.459 e. The van der Waals surface area contributed by atoms with Gasteiger partial charge in [0.25, 0.3) is 0 Å². The van der Waals surface area contributed by atoms with Gasteiger partial charge in [-0.2, -0.15) is 13.2 Å². The van der Waals surface area contributed by atoms with Crippen LogP contribution in [0.25, 0.3) is 0 Å². The van der Waals surface area contributed by atoms with E-state index in [2.05, 4.69) is 12.2 Å². The number of esters is 1. The average Bonchev–Trinajstić information content (AvgIpc) is 3.13. The van der Waals surface area contributed by atoms with Crippen molar-refractivity contribution in [3.05, 3.63) is 12.2 Å². The monoisotopic (exact) mass is 328 g/mol. The zero-order valence-electron chi connectivity index (χ0n) is 13.7.